The molecule has 1 aliphatic heterocycles. The lowest BCUT2D eigenvalue weighted by Gasteiger charge is -2.25. The van der Waals surface area contributed by atoms with Gasteiger partial charge in [0.15, 0.2) is 0 Å². The molecular weight excluding hydrogens is 210 g/mol. The van der Waals surface area contributed by atoms with Crippen molar-refractivity contribution in [2.45, 2.75) is 44.6 Å². The fourth-order valence-corrected chi connectivity index (χ4v) is 2.51. The van der Waals surface area contributed by atoms with Gasteiger partial charge in [-0.1, -0.05) is 30.8 Å². The molecule has 1 amide bonds. The molecule has 1 atom stereocenters. The number of nitrogens with zero attached hydrogens (tertiary/aromatic N) is 1. The molecule has 1 fully saturated rings. The predicted molar refractivity (Wildman–Crippen MR) is 63.8 cm³/mol. The van der Waals surface area contributed by atoms with Crippen molar-refractivity contribution in [2.24, 2.45) is 0 Å². The summed E-state index contributed by atoms with van der Waals surface area (Å²) in [6, 6.07) is 0. The van der Waals surface area contributed by atoms with E-state index in [4.69, 9.17) is 0 Å². The Morgan fingerprint density at radius 1 is 1.53 bits per heavy atom. The first-order chi connectivity index (χ1) is 6.99. The van der Waals surface area contributed by atoms with Crippen molar-refractivity contribution in [2.75, 3.05) is 6.54 Å². The molecule has 1 heterocycles. The summed E-state index contributed by atoms with van der Waals surface area (Å²) < 4.78 is -0.383. The van der Waals surface area contributed by atoms with Crippen molar-refractivity contribution in [1.29, 1.82) is 0 Å². The highest BCUT2D eigenvalue weighted by molar-refractivity contribution is 8.15. The molecule has 15 heavy (non-hydrogen) atoms. The van der Waals surface area contributed by atoms with Gasteiger partial charge in [0, 0.05) is 6.54 Å². The molecule has 1 rings (SSSR count). The van der Waals surface area contributed by atoms with Gasteiger partial charge in [0.25, 0.3) is 5.24 Å². The van der Waals surface area contributed by atoms with Gasteiger partial charge in [-0.25, -0.2) is 0 Å². The van der Waals surface area contributed by atoms with Crippen LogP contribution in [0.5, 0.6) is 0 Å². The van der Waals surface area contributed by atoms with Crippen molar-refractivity contribution in [3.05, 3.63) is 12.2 Å². The van der Waals surface area contributed by atoms with Crippen molar-refractivity contribution < 1.29 is 9.90 Å². The first kappa shape index (κ1) is 12.6. The molecule has 0 aliphatic carbocycles. The van der Waals surface area contributed by atoms with Crippen LogP contribution in [0.2, 0.25) is 0 Å². The standard InChI is InChI=1S/C11H19NO2S/c1-4-5-6-7-8-12-9(13)11(2,3)15-10(12)14/h5-6,9,13H,4,7-8H2,1-3H3/b6-5-. The lowest BCUT2D eigenvalue weighted by Crippen LogP contribution is -2.41. The average Bonchev–Trinajstić information content (AvgIpc) is 2.33. The van der Waals surface area contributed by atoms with Gasteiger partial charge in [-0.05, 0) is 26.7 Å². The molecule has 0 radical (unpaired) electrons. The van der Waals surface area contributed by atoms with Crippen molar-refractivity contribution in [3.63, 3.8) is 0 Å². The third-order valence-electron chi connectivity index (χ3n) is 2.44. The van der Waals surface area contributed by atoms with Crippen LogP contribution < -0.4 is 0 Å². The number of allylic oxidation sites excluding steroid dienone is 1. The fraction of sp³-hybridized carbons (Fsp3) is 0.727. The summed E-state index contributed by atoms with van der Waals surface area (Å²) >= 11 is 1.22. The average molecular weight is 229 g/mol. The molecule has 4 heteroatoms. The van der Waals surface area contributed by atoms with Crippen molar-refractivity contribution >= 4 is 17.0 Å². The highest BCUT2D eigenvalue weighted by Gasteiger charge is 2.45. The van der Waals surface area contributed by atoms with Gasteiger partial charge < -0.3 is 10.0 Å². The Balaban J connectivity index is 2.48. The maximum absolute atomic E-state index is 11.6. The fourth-order valence-electron chi connectivity index (χ4n) is 1.52. The van der Waals surface area contributed by atoms with Crippen LogP contribution in [0.4, 0.5) is 4.79 Å². The molecule has 0 saturated carbocycles. The van der Waals surface area contributed by atoms with Gasteiger partial charge in [-0.2, -0.15) is 0 Å². The summed E-state index contributed by atoms with van der Waals surface area (Å²) in [5.41, 5.74) is 0. The largest absolute Gasteiger partial charge is 0.372 e. The number of amides is 1. The highest BCUT2D eigenvalue weighted by atomic mass is 32.2. The SMILES string of the molecule is CC/C=C\CCN1C(=O)SC(C)(C)C1O. The lowest BCUT2D eigenvalue weighted by molar-refractivity contribution is 0.0270. The normalized spacial score (nSPS) is 25.5. The second kappa shape index (κ2) is 5.03. The number of aliphatic hydroxyl groups excluding tert-OH is 1. The zero-order valence-corrected chi connectivity index (χ0v) is 10.4. The molecule has 0 spiro atoms. The van der Waals surface area contributed by atoms with Gasteiger partial charge in [0.2, 0.25) is 0 Å². The van der Waals surface area contributed by atoms with E-state index >= 15 is 0 Å². The van der Waals surface area contributed by atoms with Crippen molar-refractivity contribution in [1.82, 2.24) is 4.90 Å². The van der Waals surface area contributed by atoms with Gasteiger partial charge in [0.1, 0.15) is 6.23 Å². The summed E-state index contributed by atoms with van der Waals surface area (Å²) in [6.07, 6.45) is 5.29. The second-order valence-electron chi connectivity index (χ2n) is 4.21. The van der Waals surface area contributed by atoms with E-state index in [9.17, 15) is 9.90 Å². The molecule has 0 aromatic carbocycles. The Morgan fingerprint density at radius 3 is 2.67 bits per heavy atom. The van der Waals surface area contributed by atoms with E-state index in [-0.39, 0.29) is 9.99 Å². The van der Waals surface area contributed by atoms with E-state index in [1.54, 1.807) is 4.90 Å². The topological polar surface area (TPSA) is 40.5 Å². The van der Waals surface area contributed by atoms with Crippen LogP contribution in [0.1, 0.15) is 33.6 Å². The van der Waals surface area contributed by atoms with Crippen LogP contribution >= 0.6 is 11.8 Å². The van der Waals surface area contributed by atoms with Gasteiger partial charge in [-0.15, -0.1) is 0 Å². The summed E-state index contributed by atoms with van der Waals surface area (Å²) in [7, 11) is 0. The van der Waals surface area contributed by atoms with E-state index in [1.807, 2.05) is 13.8 Å². The summed E-state index contributed by atoms with van der Waals surface area (Å²) in [5, 5.41) is 9.89. The first-order valence-corrected chi connectivity index (χ1v) is 6.13. The molecule has 3 nitrogen and oxygen atoms in total. The number of thioether (sulfide) groups is 1. The molecule has 0 bridgehead atoms. The molecular formula is C11H19NO2S. The highest BCUT2D eigenvalue weighted by Crippen LogP contribution is 2.39. The van der Waals surface area contributed by atoms with Crippen LogP contribution in [0.15, 0.2) is 12.2 Å². The van der Waals surface area contributed by atoms with Crippen LogP contribution in [0, 0.1) is 0 Å². The number of hydrogen-bond donors (Lipinski definition) is 1. The van der Waals surface area contributed by atoms with E-state index in [0.29, 0.717) is 6.54 Å². The van der Waals surface area contributed by atoms with E-state index < -0.39 is 6.23 Å². The minimum Gasteiger partial charge on any atom is -0.372 e. The lowest BCUT2D eigenvalue weighted by atomic mass is 10.1. The van der Waals surface area contributed by atoms with Crippen LogP contribution in [0.3, 0.4) is 0 Å². The minimum absolute atomic E-state index is 0.0163. The number of carbonyl (C=O) groups excluding carboxylic acids is 1. The van der Waals surface area contributed by atoms with Crippen LogP contribution in [0.25, 0.3) is 0 Å². The number of carbonyl (C=O) groups is 1. The van der Waals surface area contributed by atoms with E-state index in [2.05, 4.69) is 19.1 Å². The molecule has 1 N–H and O–H groups in total. The maximum Gasteiger partial charge on any atom is 0.284 e. The van der Waals surface area contributed by atoms with Gasteiger partial charge >= 0.3 is 0 Å². The quantitative estimate of drug-likeness (QED) is 0.753. The smallest absolute Gasteiger partial charge is 0.284 e. The third-order valence-corrected chi connectivity index (χ3v) is 3.59. The van der Waals surface area contributed by atoms with Crippen molar-refractivity contribution in [3.8, 4) is 0 Å². The molecule has 86 valence electrons. The summed E-state index contributed by atoms with van der Waals surface area (Å²) in [4.78, 5) is 13.1. The van der Waals surface area contributed by atoms with Gasteiger partial charge in [-0.3, -0.25) is 4.79 Å². The van der Waals surface area contributed by atoms with Crippen LogP contribution in [-0.2, 0) is 0 Å². The summed E-state index contributed by atoms with van der Waals surface area (Å²) in [5.74, 6) is 0. The Labute approximate surface area is 95.5 Å². The Hall–Kier alpha value is -0.480. The first-order valence-electron chi connectivity index (χ1n) is 5.31. The zero-order valence-electron chi connectivity index (χ0n) is 9.56. The molecule has 1 unspecified atom stereocenters. The zero-order chi connectivity index (χ0) is 11.5. The number of hydrogen-bond acceptors (Lipinski definition) is 3. The van der Waals surface area contributed by atoms with E-state index in [0.717, 1.165) is 12.8 Å². The Kier molecular flexibility index (Phi) is 4.22. The maximum atomic E-state index is 11.6. The van der Waals surface area contributed by atoms with Gasteiger partial charge in [0.05, 0.1) is 4.75 Å². The number of aliphatic hydroxyl groups is 1. The van der Waals surface area contributed by atoms with E-state index in [1.165, 1.54) is 11.8 Å². The molecule has 0 aromatic rings. The molecule has 1 aliphatic rings. The second-order valence-corrected chi connectivity index (χ2v) is 5.81. The predicted octanol–water partition coefficient (Wildman–Crippen LogP) is 2.61. The number of rotatable bonds is 4. The Bertz CT molecular complexity index is 263. The monoisotopic (exact) mass is 229 g/mol. The minimum atomic E-state index is -0.662. The van der Waals surface area contributed by atoms with Crippen LogP contribution in [-0.4, -0.2) is 32.8 Å². The third kappa shape index (κ3) is 2.98. The Morgan fingerprint density at radius 2 is 2.20 bits per heavy atom. The molecule has 0 aromatic heterocycles. The molecule has 1 saturated heterocycles. The summed E-state index contributed by atoms with van der Waals surface area (Å²) in [6.45, 7) is 6.46.